The van der Waals surface area contributed by atoms with Crippen LogP contribution in [-0.2, 0) is 28.8 Å². The Kier molecular flexibility index (Phi) is 12.1. The molecule has 10 N–H and O–H groups in total. The summed E-state index contributed by atoms with van der Waals surface area (Å²) in [6.07, 6.45) is -2.92. The van der Waals surface area contributed by atoms with Gasteiger partial charge in [0.05, 0.1) is 18.6 Å². The summed E-state index contributed by atoms with van der Waals surface area (Å²) < 4.78 is 0. The van der Waals surface area contributed by atoms with Gasteiger partial charge in [-0.25, -0.2) is 4.79 Å². The van der Waals surface area contributed by atoms with E-state index in [0.717, 1.165) is 6.92 Å². The lowest BCUT2D eigenvalue weighted by Gasteiger charge is -2.25. The van der Waals surface area contributed by atoms with Crippen molar-refractivity contribution in [3.8, 4) is 0 Å². The van der Waals surface area contributed by atoms with Crippen molar-refractivity contribution >= 4 is 48.2 Å². The van der Waals surface area contributed by atoms with E-state index in [2.05, 4.69) is 23.3 Å². The Balaban J connectivity index is 5.33. The van der Waals surface area contributed by atoms with E-state index in [9.17, 15) is 33.9 Å². The van der Waals surface area contributed by atoms with E-state index in [1.54, 1.807) is 0 Å². The molecule has 0 aliphatic rings. The third kappa shape index (κ3) is 10.6. The molecular weight excluding hydrogens is 438 g/mol. The highest BCUT2D eigenvalue weighted by Gasteiger charge is 2.31. The molecule has 0 bridgehead atoms. The number of nitrogens with one attached hydrogen (secondary N) is 3. The minimum Gasteiger partial charge on any atom is -0.481 e. The van der Waals surface area contributed by atoms with E-state index in [-0.39, 0.29) is 5.75 Å². The molecule has 15 heteroatoms. The van der Waals surface area contributed by atoms with Gasteiger partial charge in [0.15, 0.2) is 6.04 Å². The summed E-state index contributed by atoms with van der Waals surface area (Å²) in [7, 11) is 0. The number of hydrogen-bond donors (Lipinski definition) is 9. The Bertz CT molecular complexity index is 703. The van der Waals surface area contributed by atoms with Gasteiger partial charge in [0.1, 0.15) is 12.1 Å². The van der Waals surface area contributed by atoms with Gasteiger partial charge >= 0.3 is 11.9 Å². The second-order valence-electron chi connectivity index (χ2n) is 6.58. The average Bonchev–Trinajstić information content (AvgIpc) is 2.65. The standard InChI is InChI=1S/C16H27N5O9S/c1-6(22)12(16(29)30)21-14(27)8(2-3-11(24)25)19-15(28)9(5-31)20-13(26)7(17)4-10(18)23/h6-9,12,22,31H,2-5,17H2,1H3,(H2,18,23)(H,19,28)(H,20,26)(H,21,27)(H,24,25)(H,29,30). The molecule has 0 radical (unpaired) electrons. The van der Waals surface area contributed by atoms with Crippen LogP contribution in [0.25, 0.3) is 0 Å². The lowest BCUT2D eigenvalue weighted by molar-refractivity contribution is -0.145. The zero-order valence-electron chi connectivity index (χ0n) is 16.6. The summed E-state index contributed by atoms with van der Waals surface area (Å²) in [6, 6.07) is -5.85. The highest BCUT2D eigenvalue weighted by atomic mass is 32.1. The van der Waals surface area contributed by atoms with Crippen molar-refractivity contribution in [3.05, 3.63) is 0 Å². The van der Waals surface area contributed by atoms with Crippen molar-refractivity contribution in [3.63, 3.8) is 0 Å². The van der Waals surface area contributed by atoms with Gasteiger partial charge < -0.3 is 42.7 Å². The molecule has 0 spiro atoms. The third-order valence-corrected chi connectivity index (χ3v) is 4.26. The van der Waals surface area contributed by atoms with E-state index in [1.807, 2.05) is 5.32 Å². The van der Waals surface area contributed by atoms with Gasteiger partial charge in [-0.3, -0.25) is 24.0 Å². The summed E-state index contributed by atoms with van der Waals surface area (Å²) >= 11 is 3.92. The molecule has 4 amide bonds. The number of carbonyl (C=O) groups excluding carboxylic acids is 4. The maximum atomic E-state index is 12.5. The number of carboxylic acid groups (broad SMARTS) is 2. The molecule has 5 unspecified atom stereocenters. The second kappa shape index (κ2) is 13.4. The number of carbonyl (C=O) groups is 6. The first-order chi connectivity index (χ1) is 14.3. The third-order valence-electron chi connectivity index (χ3n) is 3.90. The molecular formula is C16H27N5O9S. The molecule has 0 aliphatic carbocycles. The molecule has 0 aromatic carbocycles. The van der Waals surface area contributed by atoms with E-state index in [0.29, 0.717) is 0 Å². The Hall–Kier alpha value is -2.91. The molecule has 0 saturated carbocycles. The van der Waals surface area contributed by atoms with Gasteiger partial charge in [0, 0.05) is 12.2 Å². The Morgan fingerprint density at radius 1 is 0.935 bits per heavy atom. The summed E-state index contributed by atoms with van der Waals surface area (Å²) in [5.41, 5.74) is 10.4. The number of hydrogen-bond acceptors (Lipinski definition) is 9. The van der Waals surface area contributed by atoms with Crippen molar-refractivity contribution in [2.24, 2.45) is 11.5 Å². The van der Waals surface area contributed by atoms with Crippen LogP contribution in [0.1, 0.15) is 26.2 Å². The van der Waals surface area contributed by atoms with E-state index in [4.69, 9.17) is 21.7 Å². The second-order valence-corrected chi connectivity index (χ2v) is 6.94. The molecule has 176 valence electrons. The molecule has 0 aliphatic heterocycles. The largest absolute Gasteiger partial charge is 0.481 e. The monoisotopic (exact) mass is 465 g/mol. The normalized spacial score (nSPS) is 15.5. The summed E-state index contributed by atoms with van der Waals surface area (Å²) in [5.74, 6) is -6.81. The molecule has 0 fully saturated rings. The number of primary amides is 1. The van der Waals surface area contributed by atoms with Gasteiger partial charge in [-0.05, 0) is 13.3 Å². The molecule has 14 nitrogen and oxygen atoms in total. The number of aliphatic carboxylic acids is 2. The van der Waals surface area contributed by atoms with Crippen LogP contribution < -0.4 is 27.4 Å². The summed E-state index contributed by atoms with van der Waals surface area (Å²) in [4.78, 5) is 69.7. The van der Waals surface area contributed by atoms with Crippen molar-refractivity contribution in [1.82, 2.24) is 16.0 Å². The molecule has 5 atom stereocenters. The van der Waals surface area contributed by atoms with Crippen LogP contribution in [0.15, 0.2) is 0 Å². The van der Waals surface area contributed by atoms with Crippen molar-refractivity contribution < 1.29 is 44.1 Å². The van der Waals surface area contributed by atoms with Crippen LogP contribution in [0.5, 0.6) is 0 Å². The van der Waals surface area contributed by atoms with Crippen molar-refractivity contribution in [2.45, 2.75) is 56.5 Å². The van der Waals surface area contributed by atoms with E-state index >= 15 is 0 Å². The Morgan fingerprint density at radius 2 is 1.45 bits per heavy atom. The van der Waals surface area contributed by atoms with Crippen molar-refractivity contribution in [2.75, 3.05) is 5.75 Å². The minimum atomic E-state index is -1.70. The number of carboxylic acids is 2. The first-order valence-electron chi connectivity index (χ1n) is 8.98. The molecule has 0 rings (SSSR count). The zero-order chi connectivity index (χ0) is 24.3. The van der Waals surface area contributed by atoms with Gasteiger partial charge in [-0.15, -0.1) is 0 Å². The minimum absolute atomic E-state index is 0.250. The summed E-state index contributed by atoms with van der Waals surface area (Å²) in [5, 5.41) is 33.8. The maximum absolute atomic E-state index is 12.5. The molecule has 0 aromatic rings. The fourth-order valence-corrected chi connectivity index (χ4v) is 2.49. The molecule has 0 heterocycles. The highest BCUT2D eigenvalue weighted by molar-refractivity contribution is 7.80. The number of aliphatic hydroxyl groups excluding tert-OH is 1. The Morgan fingerprint density at radius 3 is 1.87 bits per heavy atom. The number of aliphatic hydroxyl groups is 1. The quantitative estimate of drug-likeness (QED) is 0.112. The number of amides is 4. The summed E-state index contributed by atoms with van der Waals surface area (Å²) in [6.45, 7) is 1.12. The Labute approximate surface area is 182 Å². The van der Waals surface area contributed by atoms with E-state index in [1.165, 1.54) is 0 Å². The predicted octanol–water partition coefficient (Wildman–Crippen LogP) is -4.10. The van der Waals surface area contributed by atoms with Gasteiger partial charge in [-0.2, -0.15) is 12.6 Å². The van der Waals surface area contributed by atoms with E-state index < -0.39 is 85.1 Å². The van der Waals surface area contributed by atoms with Crippen molar-refractivity contribution in [1.29, 1.82) is 0 Å². The van der Waals surface area contributed by atoms with Crippen LogP contribution in [0.3, 0.4) is 0 Å². The molecule has 31 heavy (non-hydrogen) atoms. The van der Waals surface area contributed by atoms with Gasteiger partial charge in [-0.1, -0.05) is 0 Å². The van der Waals surface area contributed by atoms with Gasteiger partial charge in [0.25, 0.3) is 0 Å². The zero-order valence-corrected chi connectivity index (χ0v) is 17.5. The number of thiol groups is 1. The molecule has 0 saturated heterocycles. The fraction of sp³-hybridized carbons (Fsp3) is 0.625. The lowest BCUT2D eigenvalue weighted by Crippen LogP contribution is -2.58. The number of nitrogens with two attached hydrogens (primary N) is 2. The highest BCUT2D eigenvalue weighted by Crippen LogP contribution is 2.03. The first kappa shape index (κ1) is 28.1. The average molecular weight is 465 g/mol. The number of rotatable bonds is 14. The van der Waals surface area contributed by atoms with Crippen LogP contribution in [0, 0.1) is 0 Å². The first-order valence-corrected chi connectivity index (χ1v) is 9.61. The smallest absolute Gasteiger partial charge is 0.328 e. The van der Waals surface area contributed by atoms with Crippen LogP contribution in [0.4, 0.5) is 0 Å². The van der Waals surface area contributed by atoms with Crippen LogP contribution >= 0.6 is 12.6 Å². The fourth-order valence-electron chi connectivity index (χ4n) is 2.23. The van der Waals surface area contributed by atoms with Crippen LogP contribution in [0.2, 0.25) is 0 Å². The topological polar surface area (TPSA) is 251 Å². The van der Waals surface area contributed by atoms with Crippen LogP contribution in [-0.4, -0.2) is 86.9 Å². The lowest BCUT2D eigenvalue weighted by atomic mass is 10.1. The SMILES string of the molecule is CC(O)C(NC(=O)C(CCC(=O)O)NC(=O)C(CS)NC(=O)C(N)CC(N)=O)C(=O)O. The molecule has 0 aromatic heterocycles. The maximum Gasteiger partial charge on any atom is 0.328 e. The predicted molar refractivity (Wildman–Crippen MR) is 108 cm³/mol. The van der Waals surface area contributed by atoms with Gasteiger partial charge in [0.2, 0.25) is 23.6 Å².